The summed E-state index contributed by atoms with van der Waals surface area (Å²) in [5, 5.41) is 8.70. The zero-order valence-corrected chi connectivity index (χ0v) is 24.1. The quantitative estimate of drug-likeness (QED) is 0.0953. The maximum atomic E-state index is 5.89. The van der Waals surface area contributed by atoms with Crippen molar-refractivity contribution in [2.24, 2.45) is 10.2 Å². The molecule has 37 heavy (non-hydrogen) atoms. The number of nitrogens with zero attached hydrogens (tertiary/aromatic N) is 3. The lowest BCUT2D eigenvalue weighted by molar-refractivity contribution is -0.870. The summed E-state index contributed by atoms with van der Waals surface area (Å²) in [5.74, 6) is 1.78. The minimum absolute atomic E-state index is 0.756. The van der Waals surface area contributed by atoms with Gasteiger partial charge in [0.2, 0.25) is 0 Å². The average Bonchev–Trinajstić information content (AvgIpc) is 2.89. The molecule has 2 rings (SSSR count). The Bertz CT molecular complexity index is 842. The lowest BCUT2D eigenvalue weighted by atomic mass is 10.1. The topological polar surface area (TPSA) is 43.2 Å². The van der Waals surface area contributed by atoms with Crippen LogP contribution in [0.2, 0.25) is 0 Å². The van der Waals surface area contributed by atoms with Gasteiger partial charge >= 0.3 is 0 Å². The van der Waals surface area contributed by atoms with E-state index in [0.29, 0.717) is 0 Å². The van der Waals surface area contributed by atoms with E-state index in [1.54, 1.807) is 0 Å². The van der Waals surface area contributed by atoms with Crippen molar-refractivity contribution in [2.75, 3.05) is 40.9 Å². The Labute approximate surface area is 226 Å². The normalized spacial score (nSPS) is 11.8. The molecule has 0 aromatic heterocycles. The number of azo groups is 1. The SMILES string of the molecule is CCCCCCCCCCCCOc1ccc(N=Nc2ccc(OCCCCC[N+](C)(C)C)cc2)cc1. The Morgan fingerprint density at radius 1 is 0.514 bits per heavy atom. The Balaban J connectivity index is 1.56. The number of hydrogen-bond donors (Lipinski definition) is 0. The molecule has 2 aromatic rings. The highest BCUT2D eigenvalue weighted by Gasteiger charge is 2.05. The van der Waals surface area contributed by atoms with E-state index in [1.165, 1.54) is 77.2 Å². The molecule has 5 heteroatoms. The van der Waals surface area contributed by atoms with Crippen LogP contribution in [-0.2, 0) is 0 Å². The Hall–Kier alpha value is -2.40. The van der Waals surface area contributed by atoms with Gasteiger partial charge in [-0.3, -0.25) is 0 Å². The van der Waals surface area contributed by atoms with Crippen molar-refractivity contribution in [3.63, 3.8) is 0 Å². The largest absolute Gasteiger partial charge is 0.494 e. The van der Waals surface area contributed by atoms with Crippen LogP contribution in [-0.4, -0.2) is 45.4 Å². The van der Waals surface area contributed by atoms with Gasteiger partial charge in [0.1, 0.15) is 11.5 Å². The maximum Gasteiger partial charge on any atom is 0.119 e. The van der Waals surface area contributed by atoms with E-state index in [-0.39, 0.29) is 0 Å². The maximum absolute atomic E-state index is 5.89. The molecule has 5 nitrogen and oxygen atoms in total. The minimum Gasteiger partial charge on any atom is -0.494 e. The lowest BCUT2D eigenvalue weighted by Gasteiger charge is -2.23. The molecule has 0 aliphatic heterocycles. The summed E-state index contributed by atoms with van der Waals surface area (Å²) in [6, 6.07) is 15.7. The number of benzene rings is 2. The fraction of sp³-hybridized carbons (Fsp3) is 0.625. The molecule has 0 fully saturated rings. The van der Waals surface area contributed by atoms with E-state index in [4.69, 9.17) is 9.47 Å². The van der Waals surface area contributed by atoms with Gasteiger partial charge in [0, 0.05) is 0 Å². The molecule has 0 amide bonds. The predicted molar refractivity (Wildman–Crippen MR) is 157 cm³/mol. The predicted octanol–water partition coefficient (Wildman–Crippen LogP) is 9.66. The molecule has 0 radical (unpaired) electrons. The van der Waals surface area contributed by atoms with Crippen molar-refractivity contribution in [3.8, 4) is 11.5 Å². The summed E-state index contributed by atoms with van der Waals surface area (Å²) in [5.41, 5.74) is 1.64. The van der Waals surface area contributed by atoms with Crippen LogP contribution in [0.5, 0.6) is 11.5 Å². The first kappa shape index (κ1) is 30.8. The van der Waals surface area contributed by atoms with Gasteiger partial charge in [-0.05, 0) is 74.2 Å². The van der Waals surface area contributed by atoms with Gasteiger partial charge in [0.05, 0.1) is 52.3 Å². The third kappa shape index (κ3) is 16.1. The summed E-state index contributed by atoms with van der Waals surface area (Å²) in [6.45, 7) is 5.01. The van der Waals surface area contributed by atoms with E-state index in [1.807, 2.05) is 48.5 Å². The van der Waals surface area contributed by atoms with Crippen LogP contribution < -0.4 is 9.47 Å². The molecule has 0 heterocycles. The highest BCUT2D eigenvalue weighted by molar-refractivity contribution is 5.44. The van der Waals surface area contributed by atoms with E-state index in [9.17, 15) is 0 Å². The fourth-order valence-corrected chi connectivity index (χ4v) is 4.17. The molecule has 0 aliphatic carbocycles. The number of unbranched alkanes of at least 4 members (excludes halogenated alkanes) is 11. The number of ether oxygens (including phenoxy) is 2. The zero-order chi connectivity index (χ0) is 26.6. The first-order valence-electron chi connectivity index (χ1n) is 14.6. The highest BCUT2D eigenvalue weighted by Crippen LogP contribution is 2.23. The summed E-state index contributed by atoms with van der Waals surface area (Å²) >= 11 is 0. The molecular formula is C32H52N3O2+. The molecule has 0 bridgehead atoms. The molecule has 0 unspecified atom stereocenters. The lowest BCUT2D eigenvalue weighted by Crippen LogP contribution is -2.35. The average molecular weight is 511 g/mol. The van der Waals surface area contributed by atoms with Gasteiger partial charge in [0.25, 0.3) is 0 Å². The Morgan fingerprint density at radius 2 is 0.892 bits per heavy atom. The fourth-order valence-electron chi connectivity index (χ4n) is 4.17. The molecule has 0 spiro atoms. The van der Waals surface area contributed by atoms with Crippen molar-refractivity contribution in [1.29, 1.82) is 0 Å². The van der Waals surface area contributed by atoms with Gasteiger partial charge in [-0.25, -0.2) is 0 Å². The van der Waals surface area contributed by atoms with Crippen LogP contribution in [0.1, 0.15) is 90.4 Å². The van der Waals surface area contributed by atoms with E-state index < -0.39 is 0 Å². The Morgan fingerprint density at radius 3 is 1.30 bits per heavy atom. The molecule has 0 saturated heterocycles. The van der Waals surface area contributed by atoms with E-state index in [2.05, 4.69) is 38.3 Å². The highest BCUT2D eigenvalue weighted by atomic mass is 16.5. The standard InChI is InChI=1S/C32H52N3O2/c1-5-6-7-8-9-10-11-12-13-16-27-36-31-22-18-29(19-23-31)33-34-30-20-24-32(25-21-30)37-28-17-14-15-26-35(2,3)4/h18-25H,5-17,26-28H2,1-4H3/q+1. The van der Waals surface area contributed by atoms with Crippen molar-refractivity contribution in [2.45, 2.75) is 90.4 Å². The second kappa shape index (κ2) is 18.8. The zero-order valence-electron chi connectivity index (χ0n) is 24.1. The molecule has 2 aromatic carbocycles. The second-order valence-corrected chi connectivity index (χ2v) is 11.1. The molecular weight excluding hydrogens is 458 g/mol. The molecule has 0 N–H and O–H groups in total. The van der Waals surface area contributed by atoms with Crippen molar-refractivity contribution in [1.82, 2.24) is 0 Å². The summed E-state index contributed by atoms with van der Waals surface area (Å²) < 4.78 is 12.8. The van der Waals surface area contributed by atoms with Gasteiger partial charge in [-0.2, -0.15) is 10.2 Å². The smallest absolute Gasteiger partial charge is 0.119 e. The van der Waals surface area contributed by atoms with Crippen molar-refractivity contribution >= 4 is 11.4 Å². The third-order valence-electron chi connectivity index (χ3n) is 6.46. The van der Waals surface area contributed by atoms with Crippen molar-refractivity contribution in [3.05, 3.63) is 48.5 Å². The number of rotatable bonds is 21. The van der Waals surface area contributed by atoms with Gasteiger partial charge in [-0.1, -0.05) is 64.7 Å². The number of hydrogen-bond acceptors (Lipinski definition) is 4. The minimum atomic E-state index is 0.756. The van der Waals surface area contributed by atoms with Crippen LogP contribution in [0.4, 0.5) is 11.4 Å². The molecule has 0 aliphatic rings. The van der Waals surface area contributed by atoms with Gasteiger partial charge in [-0.15, -0.1) is 0 Å². The van der Waals surface area contributed by atoms with Crippen LogP contribution in [0.3, 0.4) is 0 Å². The summed E-state index contributed by atoms with van der Waals surface area (Å²) in [7, 11) is 6.71. The van der Waals surface area contributed by atoms with Crippen molar-refractivity contribution < 1.29 is 14.0 Å². The number of quaternary nitrogens is 1. The molecule has 206 valence electrons. The molecule has 0 saturated carbocycles. The molecule has 0 atom stereocenters. The first-order valence-corrected chi connectivity index (χ1v) is 14.6. The summed E-state index contributed by atoms with van der Waals surface area (Å²) in [6.07, 6.45) is 16.9. The summed E-state index contributed by atoms with van der Waals surface area (Å²) in [4.78, 5) is 0. The van der Waals surface area contributed by atoms with Crippen LogP contribution in [0, 0.1) is 0 Å². The van der Waals surface area contributed by atoms with Gasteiger partial charge < -0.3 is 14.0 Å². The van der Waals surface area contributed by atoms with Gasteiger partial charge in [0.15, 0.2) is 0 Å². The van der Waals surface area contributed by atoms with Crippen LogP contribution in [0.25, 0.3) is 0 Å². The van der Waals surface area contributed by atoms with E-state index in [0.717, 1.165) is 53.4 Å². The monoisotopic (exact) mass is 510 g/mol. The third-order valence-corrected chi connectivity index (χ3v) is 6.46. The second-order valence-electron chi connectivity index (χ2n) is 11.1. The van der Waals surface area contributed by atoms with E-state index >= 15 is 0 Å². The van der Waals surface area contributed by atoms with Crippen LogP contribution >= 0.6 is 0 Å². The first-order chi connectivity index (χ1) is 18.0. The van der Waals surface area contributed by atoms with Crippen LogP contribution in [0.15, 0.2) is 58.8 Å². The Kier molecular flexibility index (Phi) is 15.6.